The van der Waals surface area contributed by atoms with Gasteiger partial charge in [-0.3, -0.25) is 0 Å². The van der Waals surface area contributed by atoms with Crippen molar-refractivity contribution in [2.45, 2.75) is 27.2 Å². The summed E-state index contributed by atoms with van der Waals surface area (Å²) < 4.78 is 0. The van der Waals surface area contributed by atoms with Gasteiger partial charge in [0.1, 0.15) is 5.69 Å². The van der Waals surface area contributed by atoms with Crippen LogP contribution in [0.1, 0.15) is 26.3 Å². The Morgan fingerprint density at radius 2 is 1.78 bits per heavy atom. The smallest absolute Gasteiger partial charge is 0.306 e. The van der Waals surface area contributed by atoms with Crippen molar-refractivity contribution in [2.75, 3.05) is 5.23 Å². The minimum Gasteiger partial charge on any atom is -0.306 e. The number of benzene rings is 1. The summed E-state index contributed by atoms with van der Waals surface area (Å²) in [5.74, 6) is -1.23. The molecule has 0 amide bonds. The molecule has 1 aromatic carbocycles. The monoisotopic (exact) mass is 271 g/mol. The lowest BCUT2D eigenvalue weighted by molar-refractivity contribution is -0.171. The predicted molar refractivity (Wildman–Crippen MR) is 66.8 cm³/mol. The molecular formula is C12H14ClNO4. The highest BCUT2D eigenvalue weighted by Gasteiger charge is 2.18. The van der Waals surface area contributed by atoms with E-state index in [9.17, 15) is 9.59 Å². The zero-order valence-corrected chi connectivity index (χ0v) is 11.2. The molecule has 0 aliphatic heterocycles. The maximum absolute atomic E-state index is 11.0. The number of nitrogens with zero attached hydrogens (tertiary/aromatic N) is 1. The predicted octanol–water partition coefficient (Wildman–Crippen LogP) is 2.67. The van der Waals surface area contributed by atoms with E-state index in [1.807, 2.05) is 13.0 Å². The molecule has 1 rings (SSSR count). The number of carbonyl (C=O) groups excluding carboxylic acids is 2. The molecule has 6 heteroatoms. The van der Waals surface area contributed by atoms with Crippen molar-refractivity contribution in [2.24, 2.45) is 0 Å². The molecule has 18 heavy (non-hydrogen) atoms. The van der Waals surface area contributed by atoms with E-state index < -0.39 is 11.9 Å². The van der Waals surface area contributed by atoms with Gasteiger partial charge in [-0.25, -0.2) is 9.59 Å². The van der Waals surface area contributed by atoms with E-state index in [2.05, 4.69) is 0 Å². The molecule has 98 valence electrons. The second-order valence-corrected chi connectivity index (χ2v) is 3.90. The zero-order valence-electron chi connectivity index (χ0n) is 10.4. The quantitative estimate of drug-likeness (QED) is 0.788. The second-order valence-electron chi connectivity index (χ2n) is 3.53. The summed E-state index contributed by atoms with van der Waals surface area (Å²) in [5.41, 5.74) is 1.17. The van der Waals surface area contributed by atoms with Gasteiger partial charge in [0.15, 0.2) is 0 Å². The molecule has 0 spiro atoms. The van der Waals surface area contributed by atoms with Crippen LogP contribution >= 0.6 is 11.6 Å². The second kappa shape index (κ2) is 6.26. The van der Waals surface area contributed by atoms with Gasteiger partial charge in [0.25, 0.3) is 0 Å². The summed E-state index contributed by atoms with van der Waals surface area (Å²) in [4.78, 5) is 31.5. The largest absolute Gasteiger partial charge is 0.333 e. The fourth-order valence-electron chi connectivity index (χ4n) is 1.33. The Balaban J connectivity index is 3.11. The van der Waals surface area contributed by atoms with Crippen molar-refractivity contribution in [3.05, 3.63) is 28.8 Å². The third kappa shape index (κ3) is 3.63. The van der Waals surface area contributed by atoms with E-state index in [-0.39, 0.29) is 0 Å². The molecule has 0 radical (unpaired) electrons. The van der Waals surface area contributed by atoms with E-state index in [1.54, 1.807) is 12.1 Å². The lowest BCUT2D eigenvalue weighted by atomic mass is 10.1. The number of rotatable bonds is 4. The van der Waals surface area contributed by atoms with Crippen LogP contribution in [-0.4, -0.2) is 11.9 Å². The average Bonchev–Trinajstić information content (AvgIpc) is 2.27. The molecule has 0 atom stereocenters. The van der Waals surface area contributed by atoms with Crippen LogP contribution in [0.25, 0.3) is 0 Å². The average molecular weight is 272 g/mol. The highest BCUT2D eigenvalue weighted by atomic mass is 35.5. The molecule has 0 aliphatic rings. The first kappa shape index (κ1) is 14.3. The molecule has 5 nitrogen and oxygen atoms in total. The van der Waals surface area contributed by atoms with Gasteiger partial charge in [0, 0.05) is 13.8 Å². The van der Waals surface area contributed by atoms with Crippen LogP contribution in [0.15, 0.2) is 18.2 Å². The number of aryl methyl sites for hydroxylation is 1. The number of carbonyl (C=O) groups is 2. The summed E-state index contributed by atoms with van der Waals surface area (Å²) in [5, 5.41) is 1.11. The maximum atomic E-state index is 11.0. The third-order valence-electron chi connectivity index (χ3n) is 2.06. The van der Waals surface area contributed by atoms with Crippen molar-refractivity contribution < 1.29 is 19.3 Å². The zero-order chi connectivity index (χ0) is 13.7. The Bertz CT molecular complexity index is 445. The molecule has 0 aromatic heterocycles. The van der Waals surface area contributed by atoms with E-state index in [4.69, 9.17) is 21.3 Å². The number of anilines is 1. The highest BCUT2D eigenvalue weighted by molar-refractivity contribution is 6.34. The molecular weight excluding hydrogens is 258 g/mol. The third-order valence-corrected chi connectivity index (χ3v) is 2.50. The fourth-order valence-corrected chi connectivity index (χ4v) is 1.66. The molecule has 0 saturated heterocycles. The summed E-state index contributed by atoms with van der Waals surface area (Å²) in [6.45, 7) is 4.34. The van der Waals surface area contributed by atoms with Gasteiger partial charge in [-0.2, -0.15) is 0 Å². The maximum Gasteiger partial charge on any atom is 0.333 e. The van der Waals surface area contributed by atoms with Crippen molar-refractivity contribution in [3.8, 4) is 0 Å². The Hall–Kier alpha value is -1.75. The fraction of sp³-hybridized carbons (Fsp3) is 0.333. The minimum atomic E-state index is -0.616. The van der Waals surface area contributed by atoms with Crippen molar-refractivity contribution in [1.29, 1.82) is 0 Å². The van der Waals surface area contributed by atoms with Crippen molar-refractivity contribution >= 4 is 29.2 Å². The van der Waals surface area contributed by atoms with Crippen molar-refractivity contribution in [1.82, 2.24) is 0 Å². The van der Waals surface area contributed by atoms with Crippen LogP contribution < -0.4 is 5.23 Å². The molecule has 0 saturated carbocycles. The lowest BCUT2D eigenvalue weighted by Gasteiger charge is -2.21. The van der Waals surface area contributed by atoms with Crippen molar-refractivity contribution in [3.63, 3.8) is 0 Å². The SMILES string of the molecule is CCc1cccc(N(OC(C)=O)OC(C)=O)c1Cl. The van der Waals surface area contributed by atoms with Gasteiger partial charge >= 0.3 is 11.9 Å². The summed E-state index contributed by atoms with van der Waals surface area (Å²) in [6, 6.07) is 5.17. The van der Waals surface area contributed by atoms with E-state index in [0.717, 1.165) is 10.8 Å². The molecule has 0 aliphatic carbocycles. The highest BCUT2D eigenvalue weighted by Crippen LogP contribution is 2.30. The standard InChI is InChI=1S/C12H14ClNO4/c1-4-10-6-5-7-11(12(10)13)14(17-8(2)15)18-9(3)16/h5-7H,4H2,1-3H3. The van der Waals surface area contributed by atoms with Gasteiger partial charge in [-0.15, -0.1) is 0 Å². The van der Waals surface area contributed by atoms with Gasteiger partial charge in [0.2, 0.25) is 0 Å². The van der Waals surface area contributed by atoms with Crippen LogP contribution in [0.4, 0.5) is 5.69 Å². The van der Waals surface area contributed by atoms with Gasteiger partial charge in [0.05, 0.1) is 5.02 Å². The molecule has 0 heterocycles. The Morgan fingerprint density at radius 3 is 2.22 bits per heavy atom. The minimum absolute atomic E-state index is 0.307. The Labute approximate surface area is 110 Å². The Morgan fingerprint density at radius 1 is 1.22 bits per heavy atom. The van der Waals surface area contributed by atoms with Crippen LogP contribution in [0.3, 0.4) is 0 Å². The summed E-state index contributed by atoms with van der Waals surface area (Å²) in [7, 11) is 0. The first-order valence-corrected chi connectivity index (χ1v) is 5.78. The first-order chi connectivity index (χ1) is 8.45. The number of hydrogen-bond acceptors (Lipinski definition) is 5. The van der Waals surface area contributed by atoms with E-state index >= 15 is 0 Å². The summed E-state index contributed by atoms with van der Waals surface area (Å²) >= 11 is 6.15. The summed E-state index contributed by atoms with van der Waals surface area (Å²) in [6.07, 6.45) is 0.709. The first-order valence-electron chi connectivity index (χ1n) is 5.40. The van der Waals surface area contributed by atoms with Crippen LogP contribution in [0.2, 0.25) is 5.02 Å². The number of halogens is 1. The molecule has 0 N–H and O–H groups in total. The van der Waals surface area contributed by atoms with Crippen LogP contribution in [0.5, 0.6) is 0 Å². The molecule has 0 unspecified atom stereocenters. The lowest BCUT2D eigenvalue weighted by Crippen LogP contribution is -2.28. The normalized spacial score (nSPS) is 9.78. The molecule has 0 fully saturated rings. The Kier molecular flexibility index (Phi) is 4.97. The van der Waals surface area contributed by atoms with Gasteiger partial charge in [-0.1, -0.05) is 30.7 Å². The van der Waals surface area contributed by atoms with Crippen LogP contribution in [0, 0.1) is 0 Å². The van der Waals surface area contributed by atoms with Gasteiger partial charge in [-0.05, 0) is 23.3 Å². The van der Waals surface area contributed by atoms with E-state index in [0.29, 0.717) is 17.1 Å². The van der Waals surface area contributed by atoms with E-state index in [1.165, 1.54) is 13.8 Å². The van der Waals surface area contributed by atoms with Gasteiger partial charge < -0.3 is 9.68 Å². The number of hydrogen-bond donors (Lipinski definition) is 0. The molecule has 0 bridgehead atoms. The topological polar surface area (TPSA) is 55.8 Å². The molecule has 1 aromatic rings. The van der Waals surface area contributed by atoms with Crippen LogP contribution in [-0.2, 0) is 25.7 Å².